The van der Waals surface area contributed by atoms with E-state index in [9.17, 15) is 18.0 Å². The first-order valence-corrected chi connectivity index (χ1v) is 9.41. The normalized spacial score (nSPS) is 19.3. The van der Waals surface area contributed by atoms with Crippen LogP contribution in [0.25, 0.3) is 0 Å². The second kappa shape index (κ2) is 7.12. The van der Waals surface area contributed by atoms with E-state index in [2.05, 4.69) is 10.6 Å². The van der Waals surface area contributed by atoms with Crippen molar-refractivity contribution in [3.63, 3.8) is 0 Å². The molecule has 0 bridgehead atoms. The summed E-state index contributed by atoms with van der Waals surface area (Å²) in [4.78, 5) is 23.7. The summed E-state index contributed by atoms with van der Waals surface area (Å²) in [6, 6.07) is 5.66. The molecule has 1 aliphatic rings. The quantitative estimate of drug-likeness (QED) is 0.789. The summed E-state index contributed by atoms with van der Waals surface area (Å²) in [6.45, 7) is 4.16. The second-order valence-electron chi connectivity index (χ2n) is 6.12. The van der Waals surface area contributed by atoms with Gasteiger partial charge in [0, 0.05) is 12.2 Å². The number of sulfone groups is 1. The number of anilines is 1. The molecule has 0 spiro atoms. The minimum absolute atomic E-state index is 0.0497. The van der Waals surface area contributed by atoms with Crippen LogP contribution in [0.1, 0.15) is 24.0 Å². The lowest BCUT2D eigenvalue weighted by Gasteiger charge is -2.11. The van der Waals surface area contributed by atoms with Crippen molar-refractivity contribution in [2.24, 2.45) is 5.92 Å². The minimum atomic E-state index is -2.95. The predicted molar refractivity (Wildman–Crippen MR) is 88.9 cm³/mol. The van der Waals surface area contributed by atoms with Crippen LogP contribution in [0, 0.1) is 19.8 Å². The topological polar surface area (TPSA) is 92.3 Å². The molecular formula is C16H22N2O4S. The largest absolute Gasteiger partial charge is 0.355 e. The van der Waals surface area contributed by atoms with E-state index >= 15 is 0 Å². The molecule has 0 saturated carbocycles. The van der Waals surface area contributed by atoms with Crippen LogP contribution >= 0.6 is 0 Å². The molecule has 1 saturated heterocycles. The summed E-state index contributed by atoms with van der Waals surface area (Å²) in [5.41, 5.74) is 2.73. The molecule has 2 rings (SSSR count). The summed E-state index contributed by atoms with van der Waals surface area (Å²) in [5.74, 6) is -0.528. The molecule has 1 fully saturated rings. The van der Waals surface area contributed by atoms with Gasteiger partial charge in [0.15, 0.2) is 9.84 Å². The Morgan fingerprint density at radius 1 is 1.22 bits per heavy atom. The summed E-state index contributed by atoms with van der Waals surface area (Å²) in [5, 5.41) is 5.35. The van der Waals surface area contributed by atoms with Crippen LogP contribution < -0.4 is 10.6 Å². The van der Waals surface area contributed by atoms with Crippen LogP contribution in [-0.4, -0.2) is 38.3 Å². The summed E-state index contributed by atoms with van der Waals surface area (Å²) < 4.78 is 22.7. The van der Waals surface area contributed by atoms with Gasteiger partial charge in [-0.25, -0.2) is 8.42 Å². The standard InChI is InChI=1S/C16H22N2O4S/c1-11-3-4-14(12(2)7-11)18-16(20)8-15(19)17-9-13-5-6-23(21,22)10-13/h3-4,7,13H,5-6,8-10H2,1-2H3,(H,17,19)(H,18,20)/t13-/m1/s1. The molecule has 7 heteroatoms. The van der Waals surface area contributed by atoms with Crippen molar-refractivity contribution in [3.8, 4) is 0 Å². The summed E-state index contributed by atoms with van der Waals surface area (Å²) >= 11 is 0. The van der Waals surface area contributed by atoms with Crippen LogP contribution in [0.5, 0.6) is 0 Å². The average molecular weight is 338 g/mol. The molecule has 23 heavy (non-hydrogen) atoms. The highest BCUT2D eigenvalue weighted by molar-refractivity contribution is 7.91. The Morgan fingerprint density at radius 2 is 1.96 bits per heavy atom. The highest BCUT2D eigenvalue weighted by Gasteiger charge is 2.28. The smallest absolute Gasteiger partial charge is 0.233 e. The van der Waals surface area contributed by atoms with Gasteiger partial charge in [0.25, 0.3) is 0 Å². The van der Waals surface area contributed by atoms with Gasteiger partial charge < -0.3 is 10.6 Å². The fraction of sp³-hybridized carbons (Fsp3) is 0.500. The van der Waals surface area contributed by atoms with Crippen LogP contribution in [0.4, 0.5) is 5.69 Å². The third kappa shape index (κ3) is 5.35. The molecule has 0 radical (unpaired) electrons. The lowest BCUT2D eigenvalue weighted by atomic mass is 10.1. The molecular weight excluding hydrogens is 316 g/mol. The number of carbonyl (C=O) groups excluding carboxylic acids is 2. The van der Waals surface area contributed by atoms with E-state index in [1.807, 2.05) is 32.0 Å². The lowest BCUT2D eigenvalue weighted by Crippen LogP contribution is -2.32. The third-order valence-corrected chi connectivity index (χ3v) is 5.73. The van der Waals surface area contributed by atoms with E-state index in [0.717, 1.165) is 11.1 Å². The Hall–Kier alpha value is -1.89. The van der Waals surface area contributed by atoms with Gasteiger partial charge in [-0.3, -0.25) is 9.59 Å². The minimum Gasteiger partial charge on any atom is -0.355 e. The van der Waals surface area contributed by atoms with E-state index in [1.165, 1.54) is 0 Å². The zero-order chi connectivity index (χ0) is 17.0. The van der Waals surface area contributed by atoms with Gasteiger partial charge in [-0.1, -0.05) is 17.7 Å². The van der Waals surface area contributed by atoms with Crippen molar-refractivity contribution in [2.75, 3.05) is 23.4 Å². The number of carbonyl (C=O) groups is 2. The van der Waals surface area contributed by atoms with Crippen molar-refractivity contribution in [1.82, 2.24) is 5.32 Å². The van der Waals surface area contributed by atoms with Crippen molar-refractivity contribution >= 4 is 27.3 Å². The van der Waals surface area contributed by atoms with E-state index in [4.69, 9.17) is 0 Å². The highest BCUT2D eigenvalue weighted by atomic mass is 32.2. The predicted octanol–water partition coefficient (Wildman–Crippen LogP) is 1.18. The van der Waals surface area contributed by atoms with E-state index in [0.29, 0.717) is 18.7 Å². The van der Waals surface area contributed by atoms with E-state index in [-0.39, 0.29) is 29.8 Å². The molecule has 1 atom stereocenters. The summed E-state index contributed by atoms with van der Waals surface area (Å²) in [6.07, 6.45) is 0.296. The maximum Gasteiger partial charge on any atom is 0.233 e. The number of nitrogens with one attached hydrogen (secondary N) is 2. The number of aryl methyl sites for hydroxylation is 2. The number of amides is 2. The number of hydrogen-bond donors (Lipinski definition) is 2. The molecule has 2 amide bonds. The molecule has 1 aliphatic heterocycles. The molecule has 6 nitrogen and oxygen atoms in total. The van der Waals surface area contributed by atoms with Crippen molar-refractivity contribution < 1.29 is 18.0 Å². The molecule has 0 aromatic heterocycles. The molecule has 1 aromatic rings. The molecule has 1 aromatic carbocycles. The summed E-state index contributed by atoms with van der Waals surface area (Å²) in [7, 11) is -2.95. The Bertz CT molecular complexity index is 713. The monoisotopic (exact) mass is 338 g/mol. The van der Waals surface area contributed by atoms with Crippen molar-refractivity contribution in [3.05, 3.63) is 29.3 Å². The van der Waals surface area contributed by atoms with Gasteiger partial charge in [-0.2, -0.15) is 0 Å². The number of hydrogen-bond acceptors (Lipinski definition) is 4. The highest BCUT2D eigenvalue weighted by Crippen LogP contribution is 2.18. The fourth-order valence-corrected chi connectivity index (χ4v) is 4.51. The zero-order valence-corrected chi connectivity index (χ0v) is 14.2. The first-order chi connectivity index (χ1) is 10.7. The molecule has 2 N–H and O–H groups in total. The Kier molecular flexibility index (Phi) is 5.41. The third-order valence-electron chi connectivity index (χ3n) is 3.89. The maximum absolute atomic E-state index is 11.9. The fourth-order valence-electron chi connectivity index (χ4n) is 2.65. The van der Waals surface area contributed by atoms with Crippen LogP contribution in [0.2, 0.25) is 0 Å². The molecule has 0 aliphatic carbocycles. The SMILES string of the molecule is Cc1ccc(NC(=O)CC(=O)NC[C@H]2CCS(=O)(=O)C2)c(C)c1. The Balaban J connectivity index is 1.77. The maximum atomic E-state index is 11.9. The average Bonchev–Trinajstić information content (AvgIpc) is 2.79. The molecule has 1 heterocycles. The van der Waals surface area contributed by atoms with Crippen LogP contribution in [0.15, 0.2) is 18.2 Å². The van der Waals surface area contributed by atoms with Gasteiger partial charge >= 0.3 is 0 Å². The van der Waals surface area contributed by atoms with Crippen molar-refractivity contribution in [1.29, 1.82) is 0 Å². The first kappa shape index (κ1) is 17.5. The number of rotatable bonds is 5. The van der Waals surface area contributed by atoms with Gasteiger partial charge in [0.2, 0.25) is 11.8 Å². The second-order valence-corrected chi connectivity index (χ2v) is 8.35. The van der Waals surface area contributed by atoms with Crippen LogP contribution in [0.3, 0.4) is 0 Å². The van der Waals surface area contributed by atoms with Gasteiger partial charge in [-0.05, 0) is 37.8 Å². The zero-order valence-electron chi connectivity index (χ0n) is 13.4. The van der Waals surface area contributed by atoms with Gasteiger partial charge in [0.05, 0.1) is 11.5 Å². The Labute approximate surface area is 136 Å². The van der Waals surface area contributed by atoms with Gasteiger partial charge in [-0.15, -0.1) is 0 Å². The molecule has 126 valence electrons. The van der Waals surface area contributed by atoms with Gasteiger partial charge in [0.1, 0.15) is 6.42 Å². The first-order valence-electron chi connectivity index (χ1n) is 7.59. The van der Waals surface area contributed by atoms with E-state index < -0.39 is 15.7 Å². The molecule has 0 unspecified atom stereocenters. The van der Waals surface area contributed by atoms with Crippen molar-refractivity contribution in [2.45, 2.75) is 26.7 Å². The number of benzene rings is 1. The lowest BCUT2D eigenvalue weighted by molar-refractivity contribution is -0.126. The van der Waals surface area contributed by atoms with E-state index in [1.54, 1.807) is 0 Å². The Morgan fingerprint density at radius 3 is 2.57 bits per heavy atom. The van der Waals surface area contributed by atoms with Crippen LogP contribution in [-0.2, 0) is 19.4 Å².